The number of anilines is 1. The van der Waals surface area contributed by atoms with Gasteiger partial charge in [-0.15, -0.1) is 0 Å². The third-order valence-electron chi connectivity index (χ3n) is 5.62. The number of rotatable bonds is 7. The van der Waals surface area contributed by atoms with Crippen molar-refractivity contribution in [1.82, 2.24) is 14.1 Å². The lowest BCUT2D eigenvalue weighted by atomic mass is 10.1. The van der Waals surface area contributed by atoms with E-state index in [2.05, 4.69) is 16.5 Å². The average molecular weight is 443 g/mol. The summed E-state index contributed by atoms with van der Waals surface area (Å²) in [5.74, 6) is 0.291. The number of hydrogen-bond acceptors (Lipinski definition) is 5. The van der Waals surface area contributed by atoms with Crippen LogP contribution in [0, 0.1) is 13.8 Å². The number of carbonyl (C=O) groups excluding carboxylic acids is 1. The molecule has 31 heavy (non-hydrogen) atoms. The first-order valence-corrected chi connectivity index (χ1v) is 11.6. The minimum atomic E-state index is -3.80. The lowest BCUT2D eigenvalue weighted by molar-refractivity contribution is -0.116. The van der Waals surface area contributed by atoms with Crippen molar-refractivity contribution in [3.05, 3.63) is 64.9 Å². The second kappa shape index (κ2) is 8.32. The lowest BCUT2D eigenvalue weighted by Gasteiger charge is -2.16. The molecule has 1 aliphatic rings. The first kappa shape index (κ1) is 21.3. The molecule has 1 aliphatic carbocycles. The molecule has 3 aromatic rings. The molecule has 9 heteroatoms. The highest BCUT2D eigenvalue weighted by molar-refractivity contribution is 7.89. The smallest absolute Gasteiger partial charge is 0.246 e. The number of hydrogen-bond donors (Lipinski definition) is 1. The Morgan fingerprint density at radius 3 is 2.74 bits per heavy atom. The average Bonchev–Trinajstić information content (AvgIpc) is 3.43. The van der Waals surface area contributed by atoms with Crippen molar-refractivity contribution in [1.29, 1.82) is 0 Å². The highest BCUT2D eigenvalue weighted by Gasteiger charge is 2.29. The molecule has 1 amide bonds. The van der Waals surface area contributed by atoms with Gasteiger partial charge in [0.15, 0.2) is 0 Å². The van der Waals surface area contributed by atoms with E-state index in [1.807, 2.05) is 12.1 Å². The molecule has 0 fully saturated rings. The van der Waals surface area contributed by atoms with Gasteiger partial charge in [0.1, 0.15) is 17.2 Å². The minimum Gasteiger partial charge on any atom is -0.468 e. The molecule has 4 rings (SSSR count). The van der Waals surface area contributed by atoms with Gasteiger partial charge in [-0.25, -0.2) is 8.42 Å². The molecule has 0 radical (unpaired) electrons. The van der Waals surface area contributed by atoms with Crippen LogP contribution in [0.25, 0.3) is 0 Å². The van der Waals surface area contributed by atoms with Crippen LogP contribution in [-0.4, -0.2) is 35.5 Å². The third kappa shape index (κ3) is 4.28. The van der Waals surface area contributed by atoms with Crippen LogP contribution in [-0.2, 0) is 40.7 Å². The molecule has 1 N–H and O–H groups in total. The summed E-state index contributed by atoms with van der Waals surface area (Å²) in [6.07, 6.45) is 4.76. The van der Waals surface area contributed by atoms with E-state index in [9.17, 15) is 13.2 Å². The van der Waals surface area contributed by atoms with Gasteiger partial charge in [0.2, 0.25) is 15.9 Å². The van der Waals surface area contributed by atoms with Crippen molar-refractivity contribution in [3.63, 3.8) is 0 Å². The fourth-order valence-corrected chi connectivity index (χ4v) is 5.56. The molecule has 2 aromatic heterocycles. The van der Waals surface area contributed by atoms with E-state index in [-0.39, 0.29) is 23.9 Å². The zero-order chi connectivity index (χ0) is 22.2. The van der Waals surface area contributed by atoms with Crippen LogP contribution in [0.3, 0.4) is 0 Å². The molecule has 0 atom stereocenters. The minimum absolute atomic E-state index is 0.0683. The van der Waals surface area contributed by atoms with E-state index in [0.29, 0.717) is 17.1 Å². The Balaban J connectivity index is 1.50. The molecule has 0 aliphatic heterocycles. The number of furan rings is 1. The Morgan fingerprint density at radius 2 is 2.00 bits per heavy atom. The Kier molecular flexibility index (Phi) is 5.72. The van der Waals surface area contributed by atoms with E-state index in [1.165, 1.54) is 33.4 Å². The SMILES string of the molecule is Cc1nn(CC(=O)Nc2ccc3c(c2)CCC3)c(C)c1S(=O)(=O)N(C)Cc1ccco1. The number of fused-ring (bicyclic) bond motifs is 1. The quantitative estimate of drug-likeness (QED) is 0.607. The zero-order valence-electron chi connectivity index (χ0n) is 17.9. The van der Waals surface area contributed by atoms with E-state index >= 15 is 0 Å². The molecule has 8 nitrogen and oxygen atoms in total. The Hall–Kier alpha value is -2.91. The maximum absolute atomic E-state index is 13.1. The summed E-state index contributed by atoms with van der Waals surface area (Å²) in [6.45, 7) is 3.34. The summed E-state index contributed by atoms with van der Waals surface area (Å²) in [5.41, 5.74) is 4.14. The summed E-state index contributed by atoms with van der Waals surface area (Å²) in [4.78, 5) is 12.7. The third-order valence-corrected chi connectivity index (χ3v) is 7.67. The predicted octanol–water partition coefficient (Wildman–Crippen LogP) is 3.04. The molecule has 2 heterocycles. The predicted molar refractivity (Wildman–Crippen MR) is 116 cm³/mol. The number of amides is 1. The maximum atomic E-state index is 13.1. The molecular formula is C22H26N4O4S. The fraction of sp³-hybridized carbons (Fsp3) is 0.364. The Bertz CT molecular complexity index is 1210. The van der Waals surface area contributed by atoms with Gasteiger partial charge >= 0.3 is 0 Å². The van der Waals surface area contributed by atoms with Crippen molar-refractivity contribution >= 4 is 21.6 Å². The fourth-order valence-electron chi connectivity index (χ4n) is 4.06. The van der Waals surface area contributed by atoms with E-state index in [1.54, 1.807) is 26.0 Å². The summed E-state index contributed by atoms with van der Waals surface area (Å²) < 4.78 is 34.2. The lowest BCUT2D eigenvalue weighted by Crippen LogP contribution is -2.27. The van der Waals surface area contributed by atoms with Crippen LogP contribution in [0.4, 0.5) is 5.69 Å². The Labute approximate surface area is 181 Å². The molecule has 0 unspecified atom stereocenters. The van der Waals surface area contributed by atoms with Gasteiger partial charge in [-0.05, 0) is 68.5 Å². The monoisotopic (exact) mass is 442 g/mol. The maximum Gasteiger partial charge on any atom is 0.246 e. The number of carbonyl (C=O) groups is 1. The number of sulfonamides is 1. The van der Waals surface area contributed by atoms with Crippen LogP contribution in [0.2, 0.25) is 0 Å². The van der Waals surface area contributed by atoms with Crippen molar-refractivity contribution < 1.29 is 17.6 Å². The highest BCUT2D eigenvalue weighted by Crippen LogP contribution is 2.26. The first-order valence-electron chi connectivity index (χ1n) is 10.2. The van der Waals surface area contributed by atoms with Crippen LogP contribution >= 0.6 is 0 Å². The normalized spacial score (nSPS) is 13.5. The molecule has 0 spiro atoms. The first-order chi connectivity index (χ1) is 14.8. The van der Waals surface area contributed by atoms with Crippen molar-refractivity contribution in [2.75, 3.05) is 12.4 Å². The summed E-state index contributed by atoms with van der Waals surface area (Å²) in [7, 11) is -2.30. The summed E-state index contributed by atoms with van der Waals surface area (Å²) >= 11 is 0. The van der Waals surface area contributed by atoms with Crippen molar-refractivity contribution in [3.8, 4) is 0 Å². The van der Waals surface area contributed by atoms with Gasteiger partial charge in [0.25, 0.3) is 0 Å². The van der Waals surface area contributed by atoms with Gasteiger partial charge in [-0.1, -0.05) is 6.07 Å². The summed E-state index contributed by atoms with van der Waals surface area (Å²) in [6, 6.07) is 9.41. The highest BCUT2D eigenvalue weighted by atomic mass is 32.2. The Morgan fingerprint density at radius 1 is 1.23 bits per heavy atom. The van der Waals surface area contributed by atoms with Crippen LogP contribution < -0.4 is 5.32 Å². The number of benzene rings is 1. The summed E-state index contributed by atoms with van der Waals surface area (Å²) in [5, 5.41) is 7.22. The van der Waals surface area contributed by atoms with E-state index in [4.69, 9.17) is 4.42 Å². The van der Waals surface area contributed by atoms with Gasteiger partial charge < -0.3 is 9.73 Å². The number of nitrogens with zero attached hydrogens (tertiary/aromatic N) is 3. The molecule has 164 valence electrons. The molecule has 0 saturated carbocycles. The van der Waals surface area contributed by atoms with Gasteiger partial charge in [0, 0.05) is 12.7 Å². The van der Waals surface area contributed by atoms with Gasteiger partial charge in [0.05, 0.1) is 24.2 Å². The van der Waals surface area contributed by atoms with E-state index < -0.39 is 10.0 Å². The van der Waals surface area contributed by atoms with Crippen LogP contribution in [0.1, 0.15) is 34.7 Å². The van der Waals surface area contributed by atoms with Crippen LogP contribution in [0.5, 0.6) is 0 Å². The molecule has 0 bridgehead atoms. The largest absolute Gasteiger partial charge is 0.468 e. The number of aromatic nitrogens is 2. The van der Waals surface area contributed by atoms with E-state index in [0.717, 1.165) is 24.9 Å². The van der Waals surface area contributed by atoms with Crippen molar-refractivity contribution in [2.45, 2.75) is 51.1 Å². The van der Waals surface area contributed by atoms with Crippen LogP contribution in [0.15, 0.2) is 45.9 Å². The van der Waals surface area contributed by atoms with Gasteiger partial charge in [-0.2, -0.15) is 9.40 Å². The number of aryl methyl sites for hydroxylation is 3. The molecule has 1 aromatic carbocycles. The standard InChI is InChI=1S/C22H26N4O4S/c1-15-22(31(28,29)25(3)13-20-8-5-11-30-20)16(2)26(24-15)14-21(27)23-19-10-9-17-6-4-7-18(17)12-19/h5,8-12H,4,6-7,13-14H2,1-3H3,(H,23,27). The second-order valence-electron chi connectivity index (χ2n) is 7.88. The zero-order valence-corrected chi connectivity index (χ0v) is 18.7. The molecular weight excluding hydrogens is 416 g/mol. The van der Waals surface area contributed by atoms with Crippen molar-refractivity contribution in [2.24, 2.45) is 0 Å². The second-order valence-corrected chi connectivity index (χ2v) is 9.86. The van der Waals surface area contributed by atoms with Gasteiger partial charge in [-0.3, -0.25) is 9.48 Å². The topological polar surface area (TPSA) is 97.4 Å². The molecule has 0 saturated heterocycles. The number of nitrogens with one attached hydrogen (secondary N) is 1.